The van der Waals surface area contributed by atoms with E-state index < -0.39 is 0 Å². The number of hydrogen-bond acceptors (Lipinski definition) is 4. The lowest BCUT2D eigenvalue weighted by Gasteiger charge is -2.18. The maximum atomic E-state index is 12.0. The van der Waals surface area contributed by atoms with E-state index in [2.05, 4.69) is 21.8 Å². The SMILES string of the molecule is CCc1nc2ccccc2n1CC(NC1CC1)C(=O)OC. The largest absolute Gasteiger partial charge is 0.468 e. The molecule has 1 atom stereocenters. The molecule has 0 radical (unpaired) electrons. The standard InChI is InChI=1S/C16H21N3O2/c1-3-15-18-12-6-4-5-7-14(12)19(15)10-13(16(20)21-2)17-11-8-9-11/h4-7,11,13,17H,3,8-10H2,1-2H3. The Balaban J connectivity index is 1.91. The van der Waals surface area contributed by atoms with Gasteiger partial charge in [0, 0.05) is 12.5 Å². The predicted octanol–water partition coefficient (Wildman–Crippen LogP) is 1.89. The Hall–Kier alpha value is -1.88. The van der Waals surface area contributed by atoms with Crippen LogP contribution < -0.4 is 5.32 Å². The van der Waals surface area contributed by atoms with Crippen molar-refractivity contribution in [1.29, 1.82) is 0 Å². The van der Waals surface area contributed by atoms with E-state index in [0.29, 0.717) is 12.6 Å². The summed E-state index contributed by atoms with van der Waals surface area (Å²) in [6.45, 7) is 2.64. The number of esters is 1. The summed E-state index contributed by atoms with van der Waals surface area (Å²) in [5.41, 5.74) is 2.05. The van der Waals surface area contributed by atoms with Gasteiger partial charge in [-0.1, -0.05) is 19.1 Å². The highest BCUT2D eigenvalue weighted by Gasteiger charge is 2.30. The fourth-order valence-electron chi connectivity index (χ4n) is 2.65. The van der Waals surface area contributed by atoms with Gasteiger partial charge in [0.25, 0.3) is 0 Å². The first-order valence-corrected chi connectivity index (χ1v) is 7.51. The van der Waals surface area contributed by atoms with E-state index in [9.17, 15) is 4.79 Å². The Morgan fingerprint density at radius 2 is 2.24 bits per heavy atom. The van der Waals surface area contributed by atoms with Gasteiger partial charge in [-0.05, 0) is 25.0 Å². The number of hydrogen-bond donors (Lipinski definition) is 1. The molecule has 1 heterocycles. The van der Waals surface area contributed by atoms with Gasteiger partial charge in [0.2, 0.25) is 0 Å². The highest BCUT2D eigenvalue weighted by atomic mass is 16.5. The lowest BCUT2D eigenvalue weighted by molar-refractivity contribution is -0.143. The van der Waals surface area contributed by atoms with Crippen LogP contribution in [0.1, 0.15) is 25.6 Å². The van der Waals surface area contributed by atoms with E-state index in [1.165, 1.54) is 7.11 Å². The van der Waals surface area contributed by atoms with Gasteiger partial charge in [0.1, 0.15) is 11.9 Å². The molecule has 0 saturated heterocycles. The normalized spacial score (nSPS) is 16.1. The quantitative estimate of drug-likeness (QED) is 0.824. The number of carbonyl (C=O) groups is 1. The van der Waals surface area contributed by atoms with Crippen molar-refractivity contribution >= 4 is 17.0 Å². The van der Waals surface area contributed by atoms with Crippen LogP contribution in [-0.2, 0) is 22.5 Å². The number of imidazole rings is 1. The summed E-state index contributed by atoms with van der Waals surface area (Å²) in [5, 5.41) is 3.37. The van der Waals surface area contributed by atoms with Gasteiger partial charge in [-0.15, -0.1) is 0 Å². The molecule has 0 spiro atoms. The number of nitrogens with one attached hydrogen (secondary N) is 1. The number of methoxy groups -OCH3 is 1. The van der Waals surface area contributed by atoms with Gasteiger partial charge in [-0.3, -0.25) is 4.79 Å². The third kappa shape index (κ3) is 2.93. The fraction of sp³-hybridized carbons (Fsp3) is 0.500. The van der Waals surface area contributed by atoms with E-state index in [4.69, 9.17) is 4.74 Å². The second-order valence-electron chi connectivity index (χ2n) is 5.50. The maximum absolute atomic E-state index is 12.0. The Morgan fingerprint density at radius 1 is 1.48 bits per heavy atom. The highest BCUT2D eigenvalue weighted by molar-refractivity contribution is 5.78. The number of rotatable bonds is 6. The van der Waals surface area contributed by atoms with E-state index in [-0.39, 0.29) is 12.0 Å². The first kappa shape index (κ1) is 14.1. The van der Waals surface area contributed by atoms with Crippen LogP contribution in [0.25, 0.3) is 11.0 Å². The van der Waals surface area contributed by atoms with Crippen molar-refractivity contribution in [3.8, 4) is 0 Å². The van der Waals surface area contributed by atoms with E-state index in [1.807, 2.05) is 24.3 Å². The number of aryl methyl sites for hydroxylation is 1. The zero-order valence-electron chi connectivity index (χ0n) is 12.5. The summed E-state index contributed by atoms with van der Waals surface area (Å²) in [6, 6.07) is 8.18. The molecule has 3 rings (SSSR count). The van der Waals surface area contributed by atoms with Crippen molar-refractivity contribution < 1.29 is 9.53 Å². The number of nitrogens with zero attached hydrogens (tertiary/aromatic N) is 2. The average Bonchev–Trinajstić information content (AvgIpc) is 3.26. The van der Waals surface area contributed by atoms with Crippen molar-refractivity contribution in [2.24, 2.45) is 0 Å². The van der Waals surface area contributed by atoms with Crippen LogP contribution in [0, 0.1) is 0 Å². The van der Waals surface area contributed by atoms with Gasteiger partial charge >= 0.3 is 5.97 Å². The summed E-state index contributed by atoms with van der Waals surface area (Å²) in [4.78, 5) is 16.7. The third-order valence-corrected chi connectivity index (χ3v) is 3.91. The molecule has 1 aromatic heterocycles. The van der Waals surface area contributed by atoms with Crippen molar-refractivity contribution in [2.45, 2.75) is 44.8 Å². The Bertz CT molecular complexity index is 646. The average molecular weight is 287 g/mol. The number of carbonyl (C=O) groups excluding carboxylic acids is 1. The van der Waals surface area contributed by atoms with E-state index in [0.717, 1.165) is 36.1 Å². The van der Waals surface area contributed by atoms with Gasteiger partial charge in [-0.25, -0.2) is 4.98 Å². The monoisotopic (exact) mass is 287 g/mol. The van der Waals surface area contributed by atoms with Crippen molar-refractivity contribution in [3.05, 3.63) is 30.1 Å². The molecule has 0 bridgehead atoms. The Labute approximate surface area is 124 Å². The molecule has 1 saturated carbocycles. The number of fused-ring (bicyclic) bond motifs is 1. The molecule has 1 fully saturated rings. The fourth-order valence-corrected chi connectivity index (χ4v) is 2.65. The van der Waals surface area contributed by atoms with Crippen LogP contribution in [-0.4, -0.2) is 34.7 Å². The van der Waals surface area contributed by atoms with Gasteiger partial charge in [-0.2, -0.15) is 0 Å². The lowest BCUT2D eigenvalue weighted by Crippen LogP contribution is -2.42. The molecule has 0 aliphatic heterocycles. The topological polar surface area (TPSA) is 56.2 Å². The summed E-state index contributed by atoms with van der Waals surface area (Å²) < 4.78 is 7.07. The van der Waals surface area contributed by atoms with Gasteiger partial charge in [0.15, 0.2) is 0 Å². The zero-order valence-corrected chi connectivity index (χ0v) is 12.5. The maximum Gasteiger partial charge on any atom is 0.324 e. The number of benzene rings is 1. The lowest BCUT2D eigenvalue weighted by atomic mass is 10.2. The van der Waals surface area contributed by atoms with Crippen molar-refractivity contribution in [2.75, 3.05) is 7.11 Å². The summed E-state index contributed by atoms with van der Waals surface area (Å²) in [7, 11) is 1.44. The summed E-state index contributed by atoms with van der Waals surface area (Å²) in [6.07, 6.45) is 3.11. The van der Waals surface area contributed by atoms with Crippen molar-refractivity contribution in [3.63, 3.8) is 0 Å². The molecule has 0 amide bonds. The van der Waals surface area contributed by atoms with Crippen LogP contribution in [0.15, 0.2) is 24.3 Å². The predicted molar refractivity (Wildman–Crippen MR) is 81.1 cm³/mol. The molecular weight excluding hydrogens is 266 g/mol. The first-order valence-electron chi connectivity index (χ1n) is 7.51. The minimum atomic E-state index is -0.314. The molecule has 5 nitrogen and oxygen atoms in total. The van der Waals surface area contributed by atoms with Crippen LogP contribution in [0.4, 0.5) is 0 Å². The minimum Gasteiger partial charge on any atom is -0.468 e. The first-order chi connectivity index (χ1) is 10.2. The van der Waals surface area contributed by atoms with Crippen LogP contribution in [0.2, 0.25) is 0 Å². The number of para-hydroxylation sites is 2. The van der Waals surface area contributed by atoms with E-state index in [1.54, 1.807) is 0 Å². The van der Waals surface area contributed by atoms with Crippen LogP contribution >= 0.6 is 0 Å². The van der Waals surface area contributed by atoms with Crippen molar-refractivity contribution in [1.82, 2.24) is 14.9 Å². The Morgan fingerprint density at radius 3 is 2.90 bits per heavy atom. The molecule has 1 aliphatic carbocycles. The highest BCUT2D eigenvalue weighted by Crippen LogP contribution is 2.21. The van der Waals surface area contributed by atoms with Gasteiger partial charge < -0.3 is 14.6 Å². The molecule has 21 heavy (non-hydrogen) atoms. The molecule has 2 aromatic rings. The van der Waals surface area contributed by atoms with Crippen LogP contribution in [0.3, 0.4) is 0 Å². The molecule has 1 unspecified atom stereocenters. The molecule has 5 heteroatoms. The second-order valence-corrected chi connectivity index (χ2v) is 5.50. The van der Waals surface area contributed by atoms with Gasteiger partial charge in [0.05, 0.1) is 24.7 Å². The smallest absolute Gasteiger partial charge is 0.324 e. The third-order valence-electron chi connectivity index (χ3n) is 3.91. The number of ether oxygens (including phenoxy) is 1. The molecule has 1 aromatic carbocycles. The zero-order chi connectivity index (χ0) is 14.8. The second kappa shape index (κ2) is 5.85. The Kier molecular flexibility index (Phi) is 3.92. The van der Waals surface area contributed by atoms with E-state index >= 15 is 0 Å². The number of aromatic nitrogens is 2. The summed E-state index contributed by atoms with van der Waals surface area (Å²) >= 11 is 0. The molecule has 1 aliphatic rings. The van der Waals surface area contributed by atoms with Crippen LogP contribution in [0.5, 0.6) is 0 Å². The molecule has 112 valence electrons. The summed E-state index contributed by atoms with van der Waals surface area (Å²) in [5.74, 6) is 0.796. The molecule has 1 N–H and O–H groups in total. The molecular formula is C16H21N3O2. The minimum absolute atomic E-state index is 0.207.